The molecule has 5 nitrogen and oxygen atoms in total. The van der Waals surface area contributed by atoms with Gasteiger partial charge >= 0.3 is 0 Å². The number of carbonyl (C=O) groups is 1. The molecule has 1 atom stereocenters. The molecule has 1 N–H and O–H groups in total. The van der Waals surface area contributed by atoms with Gasteiger partial charge in [-0.05, 0) is 50.5 Å². The zero-order valence-corrected chi connectivity index (χ0v) is 15.9. The van der Waals surface area contributed by atoms with Crippen LogP contribution in [0.15, 0.2) is 53.4 Å². The quantitative estimate of drug-likeness (QED) is 0.895. The molecule has 6 heteroatoms. The number of nitrogens with one attached hydrogen (secondary N) is 1. The Kier molecular flexibility index (Phi) is 5.44. The summed E-state index contributed by atoms with van der Waals surface area (Å²) < 4.78 is 27.0. The van der Waals surface area contributed by atoms with Gasteiger partial charge in [-0.2, -0.15) is 4.31 Å². The van der Waals surface area contributed by atoms with Crippen molar-refractivity contribution in [3.05, 3.63) is 59.7 Å². The second kappa shape index (κ2) is 7.60. The van der Waals surface area contributed by atoms with E-state index in [0.717, 1.165) is 16.8 Å². The van der Waals surface area contributed by atoms with Crippen molar-refractivity contribution in [1.82, 2.24) is 4.31 Å². The molecule has 2 aromatic carbocycles. The van der Waals surface area contributed by atoms with Crippen molar-refractivity contribution in [1.29, 1.82) is 0 Å². The molecule has 0 spiro atoms. The molecule has 1 amide bonds. The molecule has 1 aliphatic heterocycles. The van der Waals surface area contributed by atoms with Crippen molar-refractivity contribution in [2.45, 2.75) is 31.6 Å². The van der Waals surface area contributed by atoms with Crippen LogP contribution in [0, 0.1) is 19.8 Å². The predicted octanol–water partition coefficient (Wildman–Crippen LogP) is 3.34. The molecule has 1 heterocycles. The summed E-state index contributed by atoms with van der Waals surface area (Å²) in [6.45, 7) is 4.63. The highest BCUT2D eigenvalue weighted by Crippen LogP contribution is 2.25. The van der Waals surface area contributed by atoms with Gasteiger partial charge in [-0.15, -0.1) is 0 Å². The van der Waals surface area contributed by atoms with E-state index >= 15 is 0 Å². The van der Waals surface area contributed by atoms with Crippen molar-refractivity contribution in [3.8, 4) is 0 Å². The number of sulfonamides is 1. The van der Waals surface area contributed by atoms with Crippen LogP contribution < -0.4 is 5.32 Å². The van der Waals surface area contributed by atoms with E-state index in [2.05, 4.69) is 5.32 Å². The van der Waals surface area contributed by atoms with E-state index in [1.54, 1.807) is 30.3 Å². The average Bonchev–Trinajstić information content (AvgIpc) is 2.65. The van der Waals surface area contributed by atoms with Crippen LogP contribution in [-0.2, 0) is 14.8 Å². The van der Waals surface area contributed by atoms with E-state index in [4.69, 9.17) is 0 Å². The Hall–Kier alpha value is -2.18. The second-order valence-electron chi connectivity index (χ2n) is 6.82. The van der Waals surface area contributed by atoms with E-state index in [0.29, 0.717) is 19.4 Å². The van der Waals surface area contributed by atoms with E-state index in [1.165, 1.54) is 4.31 Å². The van der Waals surface area contributed by atoms with Gasteiger partial charge in [-0.25, -0.2) is 8.42 Å². The van der Waals surface area contributed by atoms with Crippen molar-refractivity contribution in [2.24, 2.45) is 5.92 Å². The Morgan fingerprint density at radius 1 is 1.12 bits per heavy atom. The molecular formula is C20H24N2O3S. The van der Waals surface area contributed by atoms with E-state index in [-0.39, 0.29) is 23.3 Å². The molecular weight excluding hydrogens is 348 g/mol. The second-order valence-corrected chi connectivity index (χ2v) is 8.76. The number of hydrogen-bond donors (Lipinski definition) is 1. The lowest BCUT2D eigenvalue weighted by molar-refractivity contribution is -0.120. The van der Waals surface area contributed by atoms with Crippen molar-refractivity contribution in [3.63, 3.8) is 0 Å². The largest absolute Gasteiger partial charge is 0.326 e. The zero-order chi connectivity index (χ0) is 18.7. The molecule has 3 rings (SSSR count). The standard InChI is InChI=1S/C20H24N2O3S/c1-15-10-11-19(16(2)13-15)21-20(23)17-7-6-12-22(14-17)26(24,25)18-8-4-3-5-9-18/h3-5,8-11,13,17H,6-7,12,14H2,1-2H3,(H,21,23). The summed E-state index contributed by atoms with van der Waals surface area (Å²) in [7, 11) is -3.56. The van der Waals surface area contributed by atoms with Crippen molar-refractivity contribution in [2.75, 3.05) is 18.4 Å². The number of amides is 1. The third-order valence-corrected chi connectivity index (χ3v) is 6.66. The molecule has 0 aromatic heterocycles. The molecule has 1 unspecified atom stereocenters. The minimum absolute atomic E-state index is 0.120. The van der Waals surface area contributed by atoms with Gasteiger partial charge in [0, 0.05) is 18.8 Å². The summed E-state index contributed by atoms with van der Waals surface area (Å²) in [4.78, 5) is 13.0. The van der Waals surface area contributed by atoms with Gasteiger partial charge in [0.15, 0.2) is 0 Å². The fourth-order valence-electron chi connectivity index (χ4n) is 3.30. The molecule has 0 radical (unpaired) electrons. The van der Waals surface area contributed by atoms with Crippen LogP contribution in [0.4, 0.5) is 5.69 Å². The highest BCUT2D eigenvalue weighted by molar-refractivity contribution is 7.89. The molecule has 1 aliphatic rings. The molecule has 0 saturated carbocycles. The fourth-order valence-corrected chi connectivity index (χ4v) is 4.85. The summed E-state index contributed by atoms with van der Waals surface area (Å²) in [5.74, 6) is -0.465. The number of rotatable bonds is 4. The maximum Gasteiger partial charge on any atom is 0.243 e. The average molecular weight is 372 g/mol. The minimum atomic E-state index is -3.56. The van der Waals surface area contributed by atoms with Gasteiger partial charge in [-0.1, -0.05) is 35.9 Å². The summed E-state index contributed by atoms with van der Waals surface area (Å²) in [5.41, 5.74) is 2.92. The number of nitrogens with zero attached hydrogens (tertiary/aromatic N) is 1. The molecule has 2 aromatic rings. The summed E-state index contributed by atoms with van der Waals surface area (Å²) in [6.07, 6.45) is 1.37. The van der Waals surface area contributed by atoms with Gasteiger partial charge in [0.1, 0.15) is 0 Å². The minimum Gasteiger partial charge on any atom is -0.326 e. The Bertz CT molecular complexity index is 895. The molecule has 0 bridgehead atoms. The van der Waals surface area contributed by atoms with Gasteiger partial charge in [-0.3, -0.25) is 4.79 Å². The summed E-state index contributed by atoms with van der Waals surface area (Å²) in [5, 5.41) is 2.96. The van der Waals surface area contributed by atoms with Crippen LogP contribution in [0.25, 0.3) is 0 Å². The molecule has 1 fully saturated rings. The van der Waals surface area contributed by atoms with Gasteiger partial charge in [0.05, 0.1) is 10.8 Å². The zero-order valence-electron chi connectivity index (χ0n) is 15.1. The third-order valence-electron chi connectivity index (χ3n) is 4.78. The molecule has 0 aliphatic carbocycles. The van der Waals surface area contributed by atoms with Crippen LogP contribution >= 0.6 is 0 Å². The molecule has 26 heavy (non-hydrogen) atoms. The highest BCUT2D eigenvalue weighted by Gasteiger charge is 2.33. The number of aryl methyl sites for hydroxylation is 2. The Morgan fingerprint density at radius 3 is 2.54 bits per heavy atom. The Labute approximate surface area is 155 Å². The summed E-state index contributed by atoms with van der Waals surface area (Å²) >= 11 is 0. The van der Waals surface area contributed by atoms with Crippen LogP contribution in [0.2, 0.25) is 0 Å². The Morgan fingerprint density at radius 2 is 1.85 bits per heavy atom. The lowest BCUT2D eigenvalue weighted by atomic mass is 9.98. The smallest absolute Gasteiger partial charge is 0.243 e. The number of piperidine rings is 1. The maximum atomic E-state index is 12.8. The number of carbonyl (C=O) groups excluding carboxylic acids is 1. The van der Waals surface area contributed by atoms with Crippen molar-refractivity contribution >= 4 is 21.6 Å². The normalized spacial score (nSPS) is 18.5. The summed E-state index contributed by atoms with van der Waals surface area (Å²) in [6, 6.07) is 14.3. The Balaban J connectivity index is 1.73. The fraction of sp³-hybridized carbons (Fsp3) is 0.350. The van der Waals surface area contributed by atoms with Crippen LogP contribution in [0.1, 0.15) is 24.0 Å². The first-order valence-electron chi connectivity index (χ1n) is 8.81. The topological polar surface area (TPSA) is 66.5 Å². The van der Waals surface area contributed by atoms with Crippen LogP contribution in [0.5, 0.6) is 0 Å². The number of anilines is 1. The van der Waals surface area contributed by atoms with Gasteiger partial charge < -0.3 is 5.32 Å². The monoisotopic (exact) mass is 372 g/mol. The lowest BCUT2D eigenvalue weighted by Crippen LogP contribution is -2.43. The van der Waals surface area contributed by atoms with Crippen molar-refractivity contribution < 1.29 is 13.2 Å². The van der Waals surface area contributed by atoms with Gasteiger partial charge in [0.25, 0.3) is 0 Å². The number of benzene rings is 2. The highest BCUT2D eigenvalue weighted by atomic mass is 32.2. The first kappa shape index (κ1) is 18.6. The predicted molar refractivity (Wildman–Crippen MR) is 102 cm³/mol. The lowest BCUT2D eigenvalue weighted by Gasteiger charge is -2.31. The van der Waals surface area contributed by atoms with Crippen LogP contribution in [0.3, 0.4) is 0 Å². The number of hydrogen-bond acceptors (Lipinski definition) is 3. The van der Waals surface area contributed by atoms with E-state index in [9.17, 15) is 13.2 Å². The first-order chi connectivity index (χ1) is 12.4. The SMILES string of the molecule is Cc1ccc(NC(=O)C2CCCN(S(=O)(=O)c3ccccc3)C2)c(C)c1. The van der Waals surface area contributed by atoms with Gasteiger partial charge in [0.2, 0.25) is 15.9 Å². The van der Waals surface area contributed by atoms with E-state index in [1.807, 2.05) is 32.0 Å². The van der Waals surface area contributed by atoms with Crippen LogP contribution in [-0.4, -0.2) is 31.7 Å². The first-order valence-corrected chi connectivity index (χ1v) is 10.3. The third kappa shape index (κ3) is 3.97. The maximum absolute atomic E-state index is 12.8. The molecule has 1 saturated heterocycles. The van der Waals surface area contributed by atoms with E-state index < -0.39 is 10.0 Å². The molecule has 138 valence electrons.